The summed E-state index contributed by atoms with van der Waals surface area (Å²) in [6.07, 6.45) is 0.976. The van der Waals surface area contributed by atoms with Crippen LogP contribution in [-0.2, 0) is 13.0 Å². The Morgan fingerprint density at radius 2 is 1.79 bits per heavy atom. The van der Waals surface area contributed by atoms with Gasteiger partial charge in [0.25, 0.3) is 5.91 Å². The number of aryl methyl sites for hydroxylation is 1. The van der Waals surface area contributed by atoms with Gasteiger partial charge in [0.15, 0.2) is 5.96 Å². The van der Waals surface area contributed by atoms with Gasteiger partial charge in [-0.2, -0.15) is 0 Å². The molecule has 5 heteroatoms. The van der Waals surface area contributed by atoms with Crippen molar-refractivity contribution in [1.29, 1.82) is 0 Å². The minimum Gasteiger partial charge on any atom is -0.354 e. The summed E-state index contributed by atoms with van der Waals surface area (Å²) in [4.78, 5) is 16.5. The van der Waals surface area contributed by atoms with Crippen LogP contribution in [0.4, 0.5) is 5.69 Å². The monoisotopic (exact) mass is 322 g/mol. The zero-order valence-corrected chi connectivity index (χ0v) is 13.8. The molecule has 2 aromatic carbocycles. The maximum atomic E-state index is 12.2. The lowest BCUT2D eigenvalue weighted by Crippen LogP contribution is -2.26. The molecule has 0 aromatic heterocycles. The van der Waals surface area contributed by atoms with Crippen LogP contribution in [0.1, 0.15) is 28.4 Å². The van der Waals surface area contributed by atoms with Crippen molar-refractivity contribution in [2.45, 2.75) is 19.9 Å². The van der Waals surface area contributed by atoms with Crippen LogP contribution in [0.15, 0.2) is 53.5 Å². The molecule has 5 nitrogen and oxygen atoms in total. The van der Waals surface area contributed by atoms with Crippen LogP contribution >= 0.6 is 0 Å². The van der Waals surface area contributed by atoms with Crippen molar-refractivity contribution in [1.82, 2.24) is 10.6 Å². The van der Waals surface area contributed by atoms with Gasteiger partial charge in [-0.15, -0.1) is 0 Å². The molecule has 0 unspecified atom stereocenters. The zero-order chi connectivity index (χ0) is 16.8. The number of nitrogens with one attached hydrogen (secondary N) is 3. The molecule has 1 amide bonds. The molecule has 0 bridgehead atoms. The van der Waals surface area contributed by atoms with Crippen LogP contribution in [0.2, 0.25) is 0 Å². The Balaban J connectivity index is 1.52. The number of carbonyl (C=O) groups excluding carboxylic acids is 1. The fourth-order valence-corrected chi connectivity index (χ4v) is 2.50. The molecule has 3 rings (SSSR count). The third-order valence-corrected chi connectivity index (χ3v) is 3.97. The van der Waals surface area contributed by atoms with Gasteiger partial charge in [-0.3, -0.25) is 9.79 Å². The molecule has 0 fully saturated rings. The summed E-state index contributed by atoms with van der Waals surface area (Å²) in [5, 5.41) is 9.34. The molecule has 1 aliphatic rings. The van der Waals surface area contributed by atoms with E-state index in [0.717, 1.165) is 36.7 Å². The molecule has 1 aliphatic heterocycles. The Bertz CT molecular complexity index is 720. The molecule has 0 aliphatic carbocycles. The van der Waals surface area contributed by atoms with Gasteiger partial charge in [0.1, 0.15) is 0 Å². The fraction of sp³-hybridized carbons (Fsp3) is 0.263. The normalized spacial score (nSPS) is 13.1. The van der Waals surface area contributed by atoms with E-state index in [1.54, 1.807) is 0 Å². The second-order valence-electron chi connectivity index (χ2n) is 5.71. The van der Waals surface area contributed by atoms with Crippen LogP contribution in [0.3, 0.4) is 0 Å². The quantitative estimate of drug-likeness (QED) is 0.792. The number of nitrogens with zero attached hydrogens (tertiary/aromatic N) is 1. The minimum absolute atomic E-state index is 0.0515. The lowest BCUT2D eigenvalue weighted by atomic mass is 10.1. The van der Waals surface area contributed by atoms with Gasteiger partial charge in [0.05, 0.1) is 6.54 Å². The number of hydrogen-bond acceptors (Lipinski definition) is 4. The first kappa shape index (κ1) is 16.1. The summed E-state index contributed by atoms with van der Waals surface area (Å²) in [6, 6.07) is 15.7. The van der Waals surface area contributed by atoms with E-state index in [1.165, 1.54) is 5.56 Å². The van der Waals surface area contributed by atoms with Crippen LogP contribution in [0.25, 0.3) is 0 Å². The van der Waals surface area contributed by atoms with Gasteiger partial charge in [-0.05, 0) is 41.8 Å². The van der Waals surface area contributed by atoms with E-state index in [2.05, 4.69) is 27.9 Å². The highest BCUT2D eigenvalue weighted by Crippen LogP contribution is 2.10. The van der Waals surface area contributed by atoms with E-state index >= 15 is 0 Å². The SMILES string of the molecule is CCc1ccc(C(=O)NCc2ccc(NC3=NCCN3)cc2)cc1. The van der Waals surface area contributed by atoms with Gasteiger partial charge < -0.3 is 16.0 Å². The number of amides is 1. The van der Waals surface area contributed by atoms with Gasteiger partial charge in [-0.25, -0.2) is 0 Å². The molecule has 0 saturated heterocycles. The van der Waals surface area contributed by atoms with Crippen molar-refractivity contribution in [3.8, 4) is 0 Å². The van der Waals surface area contributed by atoms with Crippen LogP contribution < -0.4 is 16.0 Å². The molecule has 1 heterocycles. The predicted molar refractivity (Wildman–Crippen MR) is 97.4 cm³/mol. The number of anilines is 1. The molecule has 0 spiro atoms. The Kier molecular flexibility index (Phi) is 5.11. The van der Waals surface area contributed by atoms with E-state index < -0.39 is 0 Å². The molecular weight excluding hydrogens is 300 g/mol. The number of rotatable bonds is 5. The van der Waals surface area contributed by atoms with Crippen LogP contribution in [0.5, 0.6) is 0 Å². The smallest absolute Gasteiger partial charge is 0.251 e. The first-order valence-corrected chi connectivity index (χ1v) is 8.26. The topological polar surface area (TPSA) is 65.5 Å². The lowest BCUT2D eigenvalue weighted by molar-refractivity contribution is 0.0951. The fourth-order valence-electron chi connectivity index (χ4n) is 2.50. The van der Waals surface area contributed by atoms with E-state index in [9.17, 15) is 4.79 Å². The van der Waals surface area contributed by atoms with Crippen LogP contribution in [-0.4, -0.2) is 25.0 Å². The Labute approximate surface area is 142 Å². The summed E-state index contributed by atoms with van der Waals surface area (Å²) >= 11 is 0. The molecule has 124 valence electrons. The van der Waals surface area contributed by atoms with E-state index in [-0.39, 0.29) is 5.91 Å². The van der Waals surface area contributed by atoms with Crippen molar-refractivity contribution >= 4 is 17.6 Å². The van der Waals surface area contributed by atoms with Gasteiger partial charge in [-0.1, -0.05) is 31.2 Å². The lowest BCUT2D eigenvalue weighted by Gasteiger charge is -2.09. The molecule has 0 saturated carbocycles. The molecule has 0 atom stereocenters. The van der Waals surface area contributed by atoms with E-state index in [0.29, 0.717) is 12.1 Å². The van der Waals surface area contributed by atoms with Crippen molar-refractivity contribution < 1.29 is 4.79 Å². The highest BCUT2D eigenvalue weighted by atomic mass is 16.1. The Morgan fingerprint density at radius 3 is 2.42 bits per heavy atom. The first-order chi connectivity index (χ1) is 11.7. The van der Waals surface area contributed by atoms with Crippen molar-refractivity contribution in [2.75, 3.05) is 18.4 Å². The average Bonchev–Trinajstić information content (AvgIpc) is 3.14. The second-order valence-corrected chi connectivity index (χ2v) is 5.71. The predicted octanol–water partition coefficient (Wildman–Crippen LogP) is 2.55. The summed E-state index contributed by atoms with van der Waals surface area (Å²) in [5.41, 5.74) is 3.96. The van der Waals surface area contributed by atoms with Crippen LogP contribution in [0, 0.1) is 0 Å². The van der Waals surface area contributed by atoms with Crippen molar-refractivity contribution in [2.24, 2.45) is 4.99 Å². The molecule has 24 heavy (non-hydrogen) atoms. The molecule has 2 aromatic rings. The Morgan fingerprint density at radius 1 is 1.08 bits per heavy atom. The van der Waals surface area contributed by atoms with E-state index in [4.69, 9.17) is 0 Å². The summed E-state index contributed by atoms with van der Waals surface area (Å²) in [6.45, 7) is 4.30. The van der Waals surface area contributed by atoms with Gasteiger partial charge in [0, 0.05) is 24.3 Å². The number of benzene rings is 2. The summed E-state index contributed by atoms with van der Waals surface area (Å²) in [5.74, 6) is 0.760. The third-order valence-electron chi connectivity index (χ3n) is 3.97. The highest BCUT2D eigenvalue weighted by molar-refractivity contribution is 5.95. The zero-order valence-electron chi connectivity index (χ0n) is 13.8. The third kappa shape index (κ3) is 4.13. The number of aliphatic imine (C=N–C) groups is 1. The standard InChI is InChI=1S/C19H22N4O/c1-2-14-3-7-16(8-4-14)18(24)22-13-15-5-9-17(10-6-15)23-19-20-11-12-21-19/h3-10H,2,11-13H2,1H3,(H,22,24)(H2,20,21,23). The van der Waals surface area contributed by atoms with Gasteiger partial charge >= 0.3 is 0 Å². The van der Waals surface area contributed by atoms with Gasteiger partial charge in [0.2, 0.25) is 0 Å². The number of carbonyl (C=O) groups is 1. The largest absolute Gasteiger partial charge is 0.354 e. The maximum absolute atomic E-state index is 12.2. The Hall–Kier alpha value is -2.82. The second kappa shape index (κ2) is 7.64. The molecule has 3 N–H and O–H groups in total. The van der Waals surface area contributed by atoms with Crippen molar-refractivity contribution in [3.05, 3.63) is 65.2 Å². The molecular formula is C19H22N4O. The first-order valence-electron chi connectivity index (χ1n) is 8.26. The maximum Gasteiger partial charge on any atom is 0.251 e. The van der Waals surface area contributed by atoms with E-state index in [1.807, 2.05) is 48.5 Å². The highest BCUT2D eigenvalue weighted by Gasteiger charge is 2.06. The van der Waals surface area contributed by atoms with Crippen molar-refractivity contribution in [3.63, 3.8) is 0 Å². The average molecular weight is 322 g/mol. The summed E-state index contributed by atoms with van der Waals surface area (Å²) < 4.78 is 0. The minimum atomic E-state index is -0.0515. The summed E-state index contributed by atoms with van der Waals surface area (Å²) in [7, 11) is 0. The number of guanidine groups is 1. The molecule has 0 radical (unpaired) electrons. The number of hydrogen-bond donors (Lipinski definition) is 3.